The SMILES string of the molecule is COCC1CNCCN1c1cc(OC)ccc1OC. The molecule has 0 bridgehead atoms. The molecule has 1 aromatic rings. The van der Waals surface area contributed by atoms with Crippen LogP contribution in [0.15, 0.2) is 18.2 Å². The summed E-state index contributed by atoms with van der Waals surface area (Å²) in [7, 11) is 5.10. The summed E-state index contributed by atoms with van der Waals surface area (Å²) in [6.07, 6.45) is 0. The molecule has 1 heterocycles. The van der Waals surface area contributed by atoms with Gasteiger partial charge in [0.2, 0.25) is 0 Å². The maximum atomic E-state index is 5.47. The number of nitrogens with zero attached hydrogens (tertiary/aromatic N) is 1. The monoisotopic (exact) mass is 266 g/mol. The van der Waals surface area contributed by atoms with Crippen molar-refractivity contribution in [1.82, 2.24) is 5.32 Å². The van der Waals surface area contributed by atoms with Crippen LogP contribution >= 0.6 is 0 Å². The van der Waals surface area contributed by atoms with Gasteiger partial charge in [0.1, 0.15) is 11.5 Å². The number of hydrogen-bond donors (Lipinski definition) is 1. The third-order valence-corrected chi connectivity index (χ3v) is 3.40. The molecule has 19 heavy (non-hydrogen) atoms. The van der Waals surface area contributed by atoms with Crippen molar-refractivity contribution in [2.45, 2.75) is 6.04 Å². The summed E-state index contributed by atoms with van der Waals surface area (Å²) in [5, 5.41) is 3.39. The van der Waals surface area contributed by atoms with Crippen LogP contribution in [0.4, 0.5) is 5.69 Å². The Labute approximate surface area is 114 Å². The fourth-order valence-corrected chi connectivity index (χ4v) is 2.44. The second-order valence-corrected chi connectivity index (χ2v) is 4.54. The molecule has 0 spiro atoms. The van der Waals surface area contributed by atoms with E-state index in [1.54, 1.807) is 21.3 Å². The van der Waals surface area contributed by atoms with Crippen molar-refractivity contribution < 1.29 is 14.2 Å². The van der Waals surface area contributed by atoms with E-state index >= 15 is 0 Å². The van der Waals surface area contributed by atoms with E-state index in [1.807, 2.05) is 18.2 Å². The molecule has 1 aliphatic heterocycles. The normalized spacial score (nSPS) is 19.3. The number of ether oxygens (including phenoxy) is 3. The number of nitrogens with one attached hydrogen (secondary N) is 1. The summed E-state index contributed by atoms with van der Waals surface area (Å²) < 4.78 is 16.1. The van der Waals surface area contributed by atoms with Gasteiger partial charge in [0.05, 0.1) is 32.6 Å². The number of methoxy groups -OCH3 is 3. The minimum Gasteiger partial charge on any atom is -0.497 e. The second-order valence-electron chi connectivity index (χ2n) is 4.54. The zero-order valence-corrected chi connectivity index (χ0v) is 11.8. The van der Waals surface area contributed by atoms with Gasteiger partial charge in [-0.25, -0.2) is 0 Å². The molecule has 2 rings (SSSR count). The highest BCUT2D eigenvalue weighted by Gasteiger charge is 2.25. The first-order valence-electron chi connectivity index (χ1n) is 6.48. The van der Waals surface area contributed by atoms with Crippen molar-refractivity contribution in [2.24, 2.45) is 0 Å². The summed E-state index contributed by atoms with van der Waals surface area (Å²) in [5.74, 6) is 1.70. The van der Waals surface area contributed by atoms with Gasteiger partial charge in [0.15, 0.2) is 0 Å². The maximum absolute atomic E-state index is 5.47. The van der Waals surface area contributed by atoms with Gasteiger partial charge < -0.3 is 24.4 Å². The Morgan fingerprint density at radius 2 is 2.11 bits per heavy atom. The summed E-state index contributed by atoms with van der Waals surface area (Å²) in [6, 6.07) is 6.18. The van der Waals surface area contributed by atoms with Gasteiger partial charge >= 0.3 is 0 Å². The largest absolute Gasteiger partial charge is 0.497 e. The summed E-state index contributed by atoms with van der Waals surface area (Å²) in [4.78, 5) is 2.32. The summed E-state index contributed by atoms with van der Waals surface area (Å²) in [5.41, 5.74) is 1.06. The molecule has 1 fully saturated rings. The molecule has 0 amide bonds. The smallest absolute Gasteiger partial charge is 0.142 e. The van der Waals surface area contributed by atoms with E-state index in [1.165, 1.54) is 0 Å². The van der Waals surface area contributed by atoms with Gasteiger partial charge in [-0.1, -0.05) is 0 Å². The molecule has 0 saturated carbocycles. The van der Waals surface area contributed by atoms with Crippen LogP contribution in [0.25, 0.3) is 0 Å². The fraction of sp³-hybridized carbons (Fsp3) is 0.571. The average Bonchev–Trinajstić information content (AvgIpc) is 2.47. The highest BCUT2D eigenvalue weighted by molar-refractivity contribution is 5.62. The van der Waals surface area contributed by atoms with Crippen molar-refractivity contribution in [3.05, 3.63) is 18.2 Å². The number of anilines is 1. The Kier molecular flexibility index (Phi) is 4.87. The van der Waals surface area contributed by atoms with Gasteiger partial charge in [-0.3, -0.25) is 0 Å². The van der Waals surface area contributed by atoms with Crippen LogP contribution in [0.3, 0.4) is 0 Å². The van der Waals surface area contributed by atoms with Crippen LogP contribution in [0, 0.1) is 0 Å². The third kappa shape index (κ3) is 3.11. The molecule has 1 aromatic carbocycles. The highest BCUT2D eigenvalue weighted by Crippen LogP contribution is 2.33. The quantitative estimate of drug-likeness (QED) is 0.865. The van der Waals surface area contributed by atoms with E-state index in [4.69, 9.17) is 14.2 Å². The molecule has 0 aromatic heterocycles. The number of rotatable bonds is 5. The second kappa shape index (κ2) is 6.63. The molecule has 1 saturated heterocycles. The van der Waals surface area contributed by atoms with E-state index < -0.39 is 0 Å². The predicted molar refractivity (Wildman–Crippen MR) is 75.4 cm³/mol. The van der Waals surface area contributed by atoms with Crippen molar-refractivity contribution >= 4 is 5.69 Å². The molecule has 1 atom stereocenters. The molecule has 106 valence electrons. The minimum absolute atomic E-state index is 0.305. The van der Waals surface area contributed by atoms with Crippen LogP contribution in [0.5, 0.6) is 11.5 Å². The fourth-order valence-electron chi connectivity index (χ4n) is 2.44. The predicted octanol–water partition coefficient (Wildman–Crippen LogP) is 1.13. The lowest BCUT2D eigenvalue weighted by Crippen LogP contribution is -2.53. The van der Waals surface area contributed by atoms with Crippen LogP contribution in [0.2, 0.25) is 0 Å². The summed E-state index contributed by atoms with van der Waals surface area (Å²) >= 11 is 0. The Hall–Kier alpha value is -1.46. The van der Waals surface area contributed by atoms with Crippen molar-refractivity contribution in [3.63, 3.8) is 0 Å². The Bertz CT molecular complexity index is 410. The minimum atomic E-state index is 0.305. The molecule has 1 unspecified atom stereocenters. The van der Waals surface area contributed by atoms with Crippen LogP contribution in [-0.2, 0) is 4.74 Å². The lowest BCUT2D eigenvalue weighted by atomic mass is 10.1. The first-order valence-corrected chi connectivity index (χ1v) is 6.48. The molecule has 0 aliphatic carbocycles. The third-order valence-electron chi connectivity index (χ3n) is 3.40. The molecule has 5 nitrogen and oxygen atoms in total. The maximum Gasteiger partial charge on any atom is 0.142 e. The van der Waals surface area contributed by atoms with E-state index in [0.29, 0.717) is 12.6 Å². The number of piperazine rings is 1. The molecular formula is C14H22N2O3. The molecule has 0 radical (unpaired) electrons. The molecule has 1 aliphatic rings. The highest BCUT2D eigenvalue weighted by atomic mass is 16.5. The van der Waals surface area contributed by atoms with E-state index in [2.05, 4.69) is 10.2 Å². The van der Waals surface area contributed by atoms with Crippen molar-refractivity contribution in [3.8, 4) is 11.5 Å². The van der Waals surface area contributed by atoms with Gasteiger partial charge in [0, 0.05) is 32.8 Å². The van der Waals surface area contributed by atoms with Crippen molar-refractivity contribution in [2.75, 3.05) is 52.5 Å². The Balaban J connectivity index is 2.30. The lowest BCUT2D eigenvalue weighted by molar-refractivity contribution is 0.170. The van der Waals surface area contributed by atoms with E-state index in [9.17, 15) is 0 Å². The summed E-state index contributed by atoms with van der Waals surface area (Å²) in [6.45, 7) is 3.49. The first-order chi connectivity index (χ1) is 9.30. The van der Waals surface area contributed by atoms with Gasteiger partial charge in [0.25, 0.3) is 0 Å². The Morgan fingerprint density at radius 1 is 1.26 bits per heavy atom. The molecular weight excluding hydrogens is 244 g/mol. The molecule has 1 N–H and O–H groups in total. The van der Waals surface area contributed by atoms with Crippen LogP contribution < -0.4 is 19.7 Å². The number of benzene rings is 1. The topological polar surface area (TPSA) is 43.0 Å². The Morgan fingerprint density at radius 3 is 2.79 bits per heavy atom. The zero-order chi connectivity index (χ0) is 13.7. The van der Waals surface area contributed by atoms with E-state index in [0.717, 1.165) is 36.8 Å². The van der Waals surface area contributed by atoms with Crippen LogP contribution in [-0.4, -0.2) is 53.6 Å². The van der Waals surface area contributed by atoms with Gasteiger partial charge in [-0.05, 0) is 12.1 Å². The average molecular weight is 266 g/mol. The zero-order valence-electron chi connectivity index (χ0n) is 11.8. The van der Waals surface area contributed by atoms with Gasteiger partial charge in [-0.15, -0.1) is 0 Å². The van der Waals surface area contributed by atoms with Crippen LogP contribution in [0.1, 0.15) is 0 Å². The number of hydrogen-bond acceptors (Lipinski definition) is 5. The van der Waals surface area contributed by atoms with Crippen molar-refractivity contribution in [1.29, 1.82) is 0 Å². The lowest BCUT2D eigenvalue weighted by Gasteiger charge is -2.38. The molecule has 5 heteroatoms. The standard InChI is InChI=1S/C14H22N2O3/c1-17-10-11-9-15-6-7-16(11)13-8-12(18-2)4-5-14(13)19-3/h4-5,8,11,15H,6-7,9-10H2,1-3H3. The van der Waals surface area contributed by atoms with E-state index in [-0.39, 0.29) is 0 Å². The van der Waals surface area contributed by atoms with Gasteiger partial charge in [-0.2, -0.15) is 0 Å². The first kappa shape index (κ1) is 14.0.